The Hall–Kier alpha value is -2.17. The summed E-state index contributed by atoms with van der Waals surface area (Å²) in [7, 11) is -3.24. The lowest BCUT2D eigenvalue weighted by Gasteiger charge is -2.39. The second-order valence-electron chi connectivity index (χ2n) is 9.88. The Morgan fingerprint density at radius 2 is 1.91 bits per heavy atom. The van der Waals surface area contributed by atoms with Crippen molar-refractivity contribution < 1.29 is 17.6 Å². The van der Waals surface area contributed by atoms with Crippen LogP contribution in [0.5, 0.6) is 0 Å². The highest BCUT2D eigenvalue weighted by Gasteiger charge is 2.52. The third kappa shape index (κ3) is 4.35. The van der Waals surface area contributed by atoms with Crippen LogP contribution >= 0.6 is 0 Å². The molecule has 4 rings (SSSR count). The van der Waals surface area contributed by atoms with Crippen molar-refractivity contribution in [1.82, 2.24) is 13.8 Å². The number of nitrogens with one attached hydrogen (secondary N) is 1. The number of carbonyl (C=O) groups is 1. The van der Waals surface area contributed by atoms with Crippen LogP contribution in [0.25, 0.3) is 11.1 Å². The molecule has 2 saturated heterocycles. The lowest BCUT2D eigenvalue weighted by Crippen LogP contribution is -2.45. The van der Waals surface area contributed by atoms with Crippen LogP contribution in [-0.4, -0.2) is 66.1 Å². The van der Waals surface area contributed by atoms with Crippen LogP contribution in [0.1, 0.15) is 40.0 Å². The van der Waals surface area contributed by atoms with Gasteiger partial charge >= 0.3 is 5.76 Å². The monoisotopic (exact) mass is 464 g/mol. The van der Waals surface area contributed by atoms with Gasteiger partial charge in [-0.2, -0.15) is 4.31 Å². The number of sulfonamides is 1. The Morgan fingerprint density at radius 1 is 1.22 bits per heavy atom. The fraction of sp³-hybridized carbons (Fsp3) is 0.636. The van der Waals surface area contributed by atoms with Gasteiger partial charge in [0.05, 0.1) is 18.3 Å². The summed E-state index contributed by atoms with van der Waals surface area (Å²) in [5.74, 6) is -0.528. The quantitative estimate of drug-likeness (QED) is 0.726. The predicted molar refractivity (Wildman–Crippen MR) is 123 cm³/mol. The molecule has 0 unspecified atom stereocenters. The number of fused-ring (bicyclic) bond motifs is 1. The number of hydrogen-bond acceptors (Lipinski definition) is 6. The summed E-state index contributed by atoms with van der Waals surface area (Å²) in [4.78, 5) is 26.6. The van der Waals surface area contributed by atoms with Gasteiger partial charge in [-0.25, -0.2) is 13.2 Å². The molecule has 3 heterocycles. The number of likely N-dealkylation sites (tertiary alicyclic amines) is 1. The topological polar surface area (TPSA) is 105 Å². The number of amides is 1. The number of rotatable bonds is 5. The zero-order valence-corrected chi connectivity index (χ0v) is 20.0. The molecule has 2 fully saturated rings. The average molecular weight is 465 g/mol. The van der Waals surface area contributed by atoms with Gasteiger partial charge < -0.3 is 9.73 Å². The van der Waals surface area contributed by atoms with Gasteiger partial charge in [-0.15, -0.1) is 0 Å². The summed E-state index contributed by atoms with van der Waals surface area (Å²) >= 11 is 0. The van der Waals surface area contributed by atoms with Crippen molar-refractivity contribution in [2.75, 3.05) is 37.8 Å². The summed E-state index contributed by atoms with van der Waals surface area (Å²) in [6.45, 7) is 8.73. The van der Waals surface area contributed by atoms with Gasteiger partial charge in [0, 0.05) is 30.4 Å². The van der Waals surface area contributed by atoms with Gasteiger partial charge in [0.1, 0.15) is 0 Å². The molecule has 2 aliphatic rings. The second kappa shape index (κ2) is 8.00. The van der Waals surface area contributed by atoms with Crippen LogP contribution in [0.4, 0.5) is 5.69 Å². The highest BCUT2D eigenvalue weighted by Crippen LogP contribution is 2.48. The molecule has 1 aromatic carbocycles. The number of aryl methyl sites for hydroxylation is 1. The Bertz CT molecular complexity index is 1190. The second-order valence-corrected chi connectivity index (χ2v) is 11.8. The largest absolute Gasteiger partial charge is 0.419 e. The van der Waals surface area contributed by atoms with E-state index in [1.165, 1.54) is 6.26 Å². The van der Waals surface area contributed by atoms with Crippen molar-refractivity contribution in [3.63, 3.8) is 0 Å². The van der Waals surface area contributed by atoms with Crippen molar-refractivity contribution in [2.24, 2.45) is 5.41 Å². The van der Waals surface area contributed by atoms with Crippen molar-refractivity contribution >= 4 is 32.7 Å². The van der Waals surface area contributed by atoms with E-state index >= 15 is 0 Å². The average Bonchev–Trinajstić information content (AvgIpc) is 3.15. The fourth-order valence-electron chi connectivity index (χ4n) is 5.51. The Kier molecular flexibility index (Phi) is 5.75. The third-order valence-corrected chi connectivity index (χ3v) is 8.34. The molecule has 2 aromatic rings. The summed E-state index contributed by atoms with van der Waals surface area (Å²) in [6.07, 6.45) is 3.87. The minimum absolute atomic E-state index is 0.0193. The maximum absolute atomic E-state index is 12.6. The number of anilines is 1. The Labute approximate surface area is 188 Å². The van der Waals surface area contributed by atoms with E-state index in [0.29, 0.717) is 29.9 Å². The van der Waals surface area contributed by atoms with Gasteiger partial charge in [0.15, 0.2) is 5.58 Å². The fourth-order valence-corrected chi connectivity index (χ4v) is 6.98. The number of carbonyl (C=O) groups excluding carboxylic acids is 1. The van der Waals surface area contributed by atoms with Crippen LogP contribution in [0.2, 0.25) is 0 Å². The van der Waals surface area contributed by atoms with Crippen LogP contribution in [-0.2, 0) is 21.4 Å². The zero-order valence-electron chi connectivity index (χ0n) is 19.2. The first-order chi connectivity index (χ1) is 14.9. The van der Waals surface area contributed by atoms with Crippen LogP contribution in [0, 0.1) is 5.41 Å². The van der Waals surface area contributed by atoms with Gasteiger partial charge in [-0.05, 0) is 70.7 Å². The van der Waals surface area contributed by atoms with Gasteiger partial charge in [-0.1, -0.05) is 0 Å². The molecular formula is C22H32N4O5S. The summed E-state index contributed by atoms with van der Waals surface area (Å²) < 4.78 is 32.9. The number of nitrogens with zero attached hydrogens (tertiary/aromatic N) is 3. The molecular weight excluding hydrogens is 432 g/mol. The first kappa shape index (κ1) is 23.0. The maximum Gasteiger partial charge on any atom is 0.419 e. The van der Waals surface area contributed by atoms with E-state index in [2.05, 4.69) is 10.2 Å². The summed E-state index contributed by atoms with van der Waals surface area (Å²) in [5, 5.41) is 2.89. The molecule has 9 nitrogen and oxygen atoms in total. The number of oxazole rings is 1. The highest BCUT2D eigenvalue weighted by atomic mass is 32.2. The van der Waals surface area contributed by atoms with Gasteiger partial charge in [0.25, 0.3) is 0 Å². The minimum atomic E-state index is -3.24. The first-order valence-electron chi connectivity index (χ1n) is 11.1. The molecule has 10 heteroatoms. The number of aromatic nitrogens is 1. The van der Waals surface area contributed by atoms with Crippen LogP contribution < -0.4 is 11.1 Å². The molecule has 2 aliphatic heterocycles. The van der Waals surface area contributed by atoms with E-state index in [0.717, 1.165) is 32.4 Å². The number of hydrogen-bond donors (Lipinski definition) is 1. The number of piperidine rings is 1. The third-order valence-electron chi connectivity index (χ3n) is 6.91. The summed E-state index contributed by atoms with van der Waals surface area (Å²) in [5.41, 5.74) is 1.36. The van der Waals surface area contributed by atoms with E-state index in [-0.39, 0.29) is 23.4 Å². The predicted octanol–water partition coefficient (Wildman–Crippen LogP) is 2.08. The molecule has 32 heavy (non-hydrogen) atoms. The lowest BCUT2D eigenvalue weighted by molar-refractivity contribution is -0.117. The molecule has 0 atom stereocenters. The number of benzene rings is 1. The summed E-state index contributed by atoms with van der Waals surface area (Å²) in [6, 6.07) is 5.22. The molecule has 1 spiro atoms. The molecule has 1 N–H and O–H groups in total. The molecule has 0 saturated carbocycles. The Morgan fingerprint density at radius 3 is 2.50 bits per heavy atom. The van der Waals surface area contributed by atoms with E-state index in [9.17, 15) is 18.0 Å². The van der Waals surface area contributed by atoms with Crippen molar-refractivity contribution in [1.29, 1.82) is 0 Å². The SMILES string of the molecule is CCn1c(=O)oc2cc(NC(=O)CN3CCC4(CC3)CN(S(C)(=O)=O)C(C)(C)C4)ccc21. The van der Waals surface area contributed by atoms with Crippen LogP contribution in [0.15, 0.2) is 27.4 Å². The molecule has 0 radical (unpaired) electrons. The maximum atomic E-state index is 12.6. The Balaban J connectivity index is 1.35. The van der Waals surface area contributed by atoms with E-state index in [4.69, 9.17) is 4.42 Å². The van der Waals surface area contributed by atoms with Crippen molar-refractivity contribution in [2.45, 2.75) is 52.1 Å². The van der Waals surface area contributed by atoms with Gasteiger partial charge in [0.2, 0.25) is 15.9 Å². The molecule has 0 bridgehead atoms. The smallest absolute Gasteiger partial charge is 0.408 e. The van der Waals surface area contributed by atoms with Crippen LogP contribution in [0.3, 0.4) is 0 Å². The van der Waals surface area contributed by atoms with Crippen molar-refractivity contribution in [3.8, 4) is 0 Å². The lowest BCUT2D eigenvalue weighted by atomic mass is 9.74. The standard InChI is InChI=1S/C22H32N4O5S/c1-5-25-17-7-6-16(12-18(17)31-20(25)28)23-19(27)13-24-10-8-22(9-11-24)14-21(2,3)26(15-22)32(4,29)30/h6-7,12H,5,8-11,13-15H2,1-4H3,(H,23,27). The highest BCUT2D eigenvalue weighted by molar-refractivity contribution is 7.88. The van der Waals surface area contributed by atoms with Crippen molar-refractivity contribution in [3.05, 3.63) is 28.7 Å². The molecule has 0 aliphatic carbocycles. The van der Waals surface area contributed by atoms with Gasteiger partial charge in [-0.3, -0.25) is 14.3 Å². The molecule has 1 amide bonds. The van der Waals surface area contributed by atoms with E-state index in [1.807, 2.05) is 20.8 Å². The zero-order chi connectivity index (χ0) is 23.3. The first-order valence-corrected chi connectivity index (χ1v) is 12.9. The van der Waals surface area contributed by atoms with E-state index < -0.39 is 15.8 Å². The minimum Gasteiger partial charge on any atom is -0.408 e. The molecule has 176 valence electrons. The molecule has 1 aromatic heterocycles. The normalized spacial score (nSPS) is 21.4. The van der Waals surface area contributed by atoms with E-state index in [1.54, 1.807) is 27.1 Å².